The topological polar surface area (TPSA) is 133 Å². The number of nitrogens with zero attached hydrogens (tertiary/aromatic N) is 3. The van der Waals surface area contributed by atoms with Crippen molar-refractivity contribution in [2.24, 2.45) is 0 Å². The molecule has 3 heterocycles. The van der Waals surface area contributed by atoms with Gasteiger partial charge in [0.05, 0.1) is 39.3 Å². The van der Waals surface area contributed by atoms with Crippen molar-refractivity contribution in [1.82, 2.24) is 14.8 Å². The number of amides is 3. The van der Waals surface area contributed by atoms with Gasteiger partial charge in [0, 0.05) is 24.3 Å². The lowest BCUT2D eigenvalue weighted by atomic mass is 10.0. The van der Waals surface area contributed by atoms with Gasteiger partial charge < -0.3 is 38.5 Å². The van der Waals surface area contributed by atoms with E-state index in [1.807, 2.05) is 54.6 Å². The summed E-state index contributed by atoms with van der Waals surface area (Å²) in [6.45, 7) is 6.29. The molecule has 0 spiro atoms. The molecule has 0 saturated carbocycles. The minimum atomic E-state index is -1.02. The molecule has 2 fully saturated rings. The van der Waals surface area contributed by atoms with Crippen molar-refractivity contribution in [3.8, 4) is 23.0 Å². The number of anilines is 1. The predicted molar refractivity (Wildman–Crippen MR) is 178 cm³/mol. The maximum Gasteiger partial charge on any atom is 0.410 e. The summed E-state index contributed by atoms with van der Waals surface area (Å²) in [5, 5.41) is 2.87. The molecule has 12 heteroatoms. The molecular formula is C36H40N4O8. The van der Waals surface area contributed by atoms with Crippen molar-refractivity contribution in [3.05, 3.63) is 72.3 Å². The molecule has 252 valence electrons. The van der Waals surface area contributed by atoms with Crippen LogP contribution in [0.5, 0.6) is 11.5 Å². The molecule has 6 rings (SSSR count). The molecule has 3 aromatic carbocycles. The van der Waals surface area contributed by atoms with Crippen LogP contribution in [0.1, 0.15) is 32.8 Å². The zero-order valence-corrected chi connectivity index (χ0v) is 27.7. The zero-order chi connectivity index (χ0) is 34.0. The summed E-state index contributed by atoms with van der Waals surface area (Å²) in [5.74, 6) is 1.01. The maximum absolute atomic E-state index is 13.9. The lowest BCUT2D eigenvalue weighted by molar-refractivity contribution is -0.168. The molecule has 12 nitrogen and oxygen atoms in total. The number of hydrogen-bond acceptors (Lipinski definition) is 9. The number of benzene rings is 3. The summed E-state index contributed by atoms with van der Waals surface area (Å²) in [6.07, 6.45) is -1.63. The number of aromatic nitrogens is 1. The van der Waals surface area contributed by atoms with Crippen molar-refractivity contribution in [1.29, 1.82) is 0 Å². The molecule has 2 aliphatic rings. The van der Waals surface area contributed by atoms with Crippen LogP contribution in [0.3, 0.4) is 0 Å². The summed E-state index contributed by atoms with van der Waals surface area (Å²) >= 11 is 0. The third-order valence-electron chi connectivity index (χ3n) is 8.36. The van der Waals surface area contributed by atoms with E-state index in [1.165, 1.54) is 0 Å². The van der Waals surface area contributed by atoms with Crippen LogP contribution in [-0.4, -0.2) is 90.4 Å². The molecule has 1 N–H and O–H groups in total. The number of oxazole rings is 1. The Morgan fingerprint density at radius 1 is 0.979 bits per heavy atom. The van der Waals surface area contributed by atoms with Crippen molar-refractivity contribution < 1.29 is 37.7 Å². The van der Waals surface area contributed by atoms with Crippen LogP contribution in [0.4, 0.5) is 10.5 Å². The number of methoxy groups -OCH3 is 2. The SMILES string of the molecule is COc1ccc(CCN2C(=O)C(CC(=O)Nc3ccc(-c4nc5ccccc5o4)cc3)OC3CN(C(=O)OC(C)(C)C)CC32)cc1OC. The molecule has 3 amide bonds. The van der Waals surface area contributed by atoms with E-state index >= 15 is 0 Å². The fourth-order valence-electron chi connectivity index (χ4n) is 6.05. The van der Waals surface area contributed by atoms with Gasteiger partial charge in [0.25, 0.3) is 5.91 Å². The van der Waals surface area contributed by atoms with Crippen molar-refractivity contribution in [3.63, 3.8) is 0 Å². The molecule has 0 bridgehead atoms. The van der Waals surface area contributed by atoms with E-state index in [9.17, 15) is 14.4 Å². The summed E-state index contributed by atoms with van der Waals surface area (Å²) in [4.78, 5) is 47.9. The molecule has 0 aliphatic carbocycles. The van der Waals surface area contributed by atoms with Crippen molar-refractivity contribution in [2.45, 2.75) is 57.5 Å². The van der Waals surface area contributed by atoms with E-state index in [1.54, 1.807) is 56.9 Å². The number of ether oxygens (including phenoxy) is 4. The first-order valence-corrected chi connectivity index (χ1v) is 15.9. The van der Waals surface area contributed by atoms with Gasteiger partial charge >= 0.3 is 6.09 Å². The van der Waals surface area contributed by atoms with E-state index < -0.39 is 23.9 Å². The van der Waals surface area contributed by atoms with Crippen LogP contribution in [0.15, 0.2) is 71.1 Å². The summed E-state index contributed by atoms with van der Waals surface area (Å²) < 4.78 is 28.5. The van der Waals surface area contributed by atoms with Gasteiger partial charge in [0.2, 0.25) is 11.8 Å². The second-order valence-electron chi connectivity index (χ2n) is 12.9. The maximum atomic E-state index is 13.9. The number of hydrogen-bond donors (Lipinski definition) is 1. The fraction of sp³-hybridized carbons (Fsp3) is 0.389. The Morgan fingerprint density at radius 2 is 1.73 bits per heavy atom. The highest BCUT2D eigenvalue weighted by molar-refractivity contribution is 5.95. The predicted octanol–water partition coefficient (Wildman–Crippen LogP) is 5.30. The van der Waals surface area contributed by atoms with Gasteiger partial charge in [-0.05, 0) is 81.3 Å². The standard InChI is InChI=1S/C36H40N4O8/c1-36(2,3)48-35(43)39-20-26-31(21-39)46-30(34(42)40(26)17-16-22-10-15-28(44-4)29(18-22)45-5)19-32(41)37-24-13-11-23(12-14-24)33-38-25-8-6-7-9-27(25)47-33/h6-15,18,26,30-31H,16-17,19-21H2,1-5H3,(H,37,41). The Hall–Kier alpha value is -5.10. The number of morpholine rings is 1. The number of carbonyl (C=O) groups is 3. The number of nitrogens with one attached hydrogen (secondary N) is 1. The largest absolute Gasteiger partial charge is 0.493 e. The lowest BCUT2D eigenvalue weighted by Gasteiger charge is -2.40. The fourth-order valence-corrected chi connectivity index (χ4v) is 6.05. The molecule has 48 heavy (non-hydrogen) atoms. The summed E-state index contributed by atoms with van der Waals surface area (Å²) in [7, 11) is 3.15. The number of para-hydroxylation sites is 2. The van der Waals surface area contributed by atoms with Crippen molar-refractivity contribution >= 4 is 34.7 Å². The van der Waals surface area contributed by atoms with E-state index in [2.05, 4.69) is 10.3 Å². The molecule has 4 aromatic rings. The van der Waals surface area contributed by atoms with E-state index in [4.69, 9.17) is 23.4 Å². The lowest BCUT2D eigenvalue weighted by Crippen LogP contribution is -2.59. The minimum Gasteiger partial charge on any atom is -0.493 e. The van der Waals surface area contributed by atoms with Crippen LogP contribution >= 0.6 is 0 Å². The Labute approximate surface area is 278 Å². The number of rotatable bonds is 9. The first kappa shape index (κ1) is 32.8. The highest BCUT2D eigenvalue weighted by Crippen LogP contribution is 2.32. The Morgan fingerprint density at radius 3 is 2.44 bits per heavy atom. The highest BCUT2D eigenvalue weighted by atomic mass is 16.6. The van der Waals surface area contributed by atoms with Gasteiger partial charge in [-0.2, -0.15) is 0 Å². The first-order valence-electron chi connectivity index (χ1n) is 15.9. The second kappa shape index (κ2) is 13.6. The quantitative estimate of drug-likeness (QED) is 0.255. The summed E-state index contributed by atoms with van der Waals surface area (Å²) in [6, 6.07) is 19.9. The summed E-state index contributed by atoms with van der Waals surface area (Å²) in [5.41, 5.74) is 3.05. The molecular weight excluding hydrogens is 616 g/mol. The van der Waals surface area contributed by atoms with Gasteiger partial charge in [-0.15, -0.1) is 0 Å². The molecule has 1 aromatic heterocycles. The number of likely N-dealkylation sites (tertiary alicyclic amines) is 1. The smallest absolute Gasteiger partial charge is 0.410 e. The second-order valence-corrected chi connectivity index (χ2v) is 12.9. The number of fused-ring (bicyclic) bond motifs is 2. The minimum absolute atomic E-state index is 0.186. The van der Waals surface area contributed by atoms with Crippen LogP contribution in [0.2, 0.25) is 0 Å². The Bertz CT molecular complexity index is 1760. The van der Waals surface area contributed by atoms with E-state index in [0.717, 1.165) is 16.6 Å². The van der Waals surface area contributed by atoms with Crippen LogP contribution in [0, 0.1) is 0 Å². The van der Waals surface area contributed by atoms with Crippen LogP contribution in [0.25, 0.3) is 22.6 Å². The molecule has 0 radical (unpaired) electrons. The Kier molecular flexibility index (Phi) is 9.27. The molecule has 3 atom stereocenters. The Balaban J connectivity index is 1.15. The van der Waals surface area contributed by atoms with Gasteiger partial charge in [-0.3, -0.25) is 9.59 Å². The molecule has 2 aliphatic heterocycles. The third-order valence-corrected chi connectivity index (χ3v) is 8.36. The molecule has 3 unspecified atom stereocenters. The average molecular weight is 657 g/mol. The van der Waals surface area contributed by atoms with Crippen LogP contribution in [-0.2, 0) is 25.5 Å². The third kappa shape index (κ3) is 7.23. The van der Waals surface area contributed by atoms with E-state index in [0.29, 0.717) is 41.6 Å². The molecule has 2 saturated heterocycles. The zero-order valence-electron chi connectivity index (χ0n) is 27.7. The van der Waals surface area contributed by atoms with Crippen molar-refractivity contribution in [2.75, 3.05) is 39.2 Å². The monoisotopic (exact) mass is 656 g/mol. The highest BCUT2D eigenvalue weighted by Gasteiger charge is 2.49. The number of carbonyl (C=O) groups excluding carboxylic acids is 3. The normalized spacial score (nSPS) is 19.3. The van der Waals surface area contributed by atoms with E-state index in [-0.39, 0.29) is 37.4 Å². The average Bonchev–Trinajstić information content (AvgIpc) is 3.69. The van der Waals surface area contributed by atoms with Gasteiger partial charge in [-0.1, -0.05) is 18.2 Å². The van der Waals surface area contributed by atoms with Gasteiger partial charge in [0.1, 0.15) is 17.2 Å². The van der Waals surface area contributed by atoms with Crippen LogP contribution < -0.4 is 14.8 Å². The first-order chi connectivity index (χ1) is 23.0. The van der Waals surface area contributed by atoms with Gasteiger partial charge in [-0.25, -0.2) is 9.78 Å². The van der Waals surface area contributed by atoms with Gasteiger partial charge in [0.15, 0.2) is 17.1 Å².